The second kappa shape index (κ2) is 5.51. The van der Waals surface area contributed by atoms with E-state index in [2.05, 4.69) is 4.98 Å². The Morgan fingerprint density at radius 2 is 1.90 bits per heavy atom. The topological polar surface area (TPSA) is 34.9 Å². The van der Waals surface area contributed by atoms with E-state index in [0.717, 1.165) is 5.56 Å². The molecule has 0 saturated heterocycles. The summed E-state index contributed by atoms with van der Waals surface area (Å²) >= 11 is 12.3. The van der Waals surface area contributed by atoms with Gasteiger partial charge in [0.1, 0.15) is 5.82 Å². The molecular formula is C16H12Cl2N2O. The fourth-order valence-electron chi connectivity index (χ4n) is 2.41. The van der Waals surface area contributed by atoms with Crippen molar-refractivity contribution in [1.82, 2.24) is 9.55 Å². The first-order chi connectivity index (χ1) is 10.1. The van der Waals surface area contributed by atoms with Gasteiger partial charge in [0.15, 0.2) is 0 Å². The first kappa shape index (κ1) is 14.1. The maximum atomic E-state index is 12.8. The van der Waals surface area contributed by atoms with E-state index in [-0.39, 0.29) is 11.4 Å². The van der Waals surface area contributed by atoms with E-state index in [1.54, 1.807) is 18.2 Å². The third kappa shape index (κ3) is 2.33. The molecule has 1 aromatic heterocycles. The molecule has 3 aromatic rings. The van der Waals surface area contributed by atoms with E-state index in [0.29, 0.717) is 27.4 Å². The Morgan fingerprint density at radius 3 is 2.62 bits per heavy atom. The molecule has 0 fully saturated rings. The summed E-state index contributed by atoms with van der Waals surface area (Å²) in [6.07, 6.45) is 0. The number of aromatic nitrogens is 2. The van der Waals surface area contributed by atoms with Crippen LogP contribution < -0.4 is 5.56 Å². The van der Waals surface area contributed by atoms with Gasteiger partial charge in [-0.25, -0.2) is 4.98 Å². The van der Waals surface area contributed by atoms with E-state index in [1.165, 1.54) is 4.57 Å². The third-order valence-electron chi connectivity index (χ3n) is 3.38. The standard InChI is InChI=1S/C16H12Cl2N2O/c1-10-5-4-7-12(18)15(10)20-14(9-17)19-13-8-3-2-6-11(13)16(20)21/h2-8H,9H2,1H3. The van der Waals surface area contributed by atoms with Crippen molar-refractivity contribution in [2.75, 3.05) is 0 Å². The zero-order chi connectivity index (χ0) is 15.0. The number of halogens is 2. The molecule has 3 nitrogen and oxygen atoms in total. The molecule has 0 aliphatic rings. The normalized spacial score (nSPS) is 11.0. The number of fused-ring (bicyclic) bond motifs is 1. The maximum absolute atomic E-state index is 12.8. The fourth-order valence-corrected chi connectivity index (χ4v) is 2.89. The maximum Gasteiger partial charge on any atom is 0.266 e. The first-order valence-electron chi connectivity index (χ1n) is 6.45. The van der Waals surface area contributed by atoms with Crippen LogP contribution in [-0.4, -0.2) is 9.55 Å². The van der Waals surface area contributed by atoms with Crippen molar-refractivity contribution in [2.45, 2.75) is 12.8 Å². The molecule has 0 atom stereocenters. The number of rotatable bonds is 2. The van der Waals surface area contributed by atoms with Crippen LogP contribution in [0.15, 0.2) is 47.3 Å². The van der Waals surface area contributed by atoms with Gasteiger partial charge in [-0.1, -0.05) is 35.9 Å². The average Bonchev–Trinajstić information content (AvgIpc) is 2.49. The van der Waals surface area contributed by atoms with Gasteiger partial charge < -0.3 is 0 Å². The molecule has 106 valence electrons. The quantitative estimate of drug-likeness (QED) is 0.667. The second-order valence-electron chi connectivity index (χ2n) is 4.72. The highest BCUT2D eigenvalue weighted by molar-refractivity contribution is 6.32. The summed E-state index contributed by atoms with van der Waals surface area (Å²) in [5.41, 5.74) is 2.01. The van der Waals surface area contributed by atoms with E-state index >= 15 is 0 Å². The molecule has 0 unspecified atom stereocenters. The highest BCUT2D eigenvalue weighted by Gasteiger charge is 2.15. The van der Waals surface area contributed by atoms with Gasteiger partial charge in [0.2, 0.25) is 0 Å². The molecule has 0 saturated carbocycles. The van der Waals surface area contributed by atoms with Crippen LogP contribution in [0.3, 0.4) is 0 Å². The number of hydrogen-bond donors (Lipinski definition) is 0. The van der Waals surface area contributed by atoms with Crippen molar-refractivity contribution in [1.29, 1.82) is 0 Å². The van der Waals surface area contributed by atoms with Crippen molar-refractivity contribution in [3.63, 3.8) is 0 Å². The lowest BCUT2D eigenvalue weighted by molar-refractivity contribution is 0.875. The molecule has 0 amide bonds. The van der Waals surface area contributed by atoms with Gasteiger partial charge in [-0.15, -0.1) is 11.6 Å². The summed E-state index contributed by atoms with van der Waals surface area (Å²) in [7, 11) is 0. The fraction of sp³-hybridized carbons (Fsp3) is 0.125. The van der Waals surface area contributed by atoms with Crippen molar-refractivity contribution in [3.8, 4) is 5.69 Å². The van der Waals surface area contributed by atoms with Crippen molar-refractivity contribution in [3.05, 3.63) is 69.2 Å². The second-order valence-corrected chi connectivity index (χ2v) is 5.40. The summed E-state index contributed by atoms with van der Waals surface area (Å²) in [4.78, 5) is 17.3. The monoisotopic (exact) mass is 318 g/mol. The Kier molecular flexibility index (Phi) is 3.70. The summed E-state index contributed by atoms with van der Waals surface area (Å²) < 4.78 is 1.51. The predicted molar refractivity (Wildman–Crippen MR) is 86.6 cm³/mol. The minimum absolute atomic E-state index is 0.130. The Morgan fingerprint density at radius 1 is 1.14 bits per heavy atom. The summed E-state index contributed by atoms with van der Waals surface area (Å²) in [6.45, 7) is 1.90. The molecular weight excluding hydrogens is 307 g/mol. The lowest BCUT2D eigenvalue weighted by atomic mass is 10.2. The molecule has 0 N–H and O–H groups in total. The van der Waals surface area contributed by atoms with Crippen LogP contribution in [0.5, 0.6) is 0 Å². The molecule has 0 radical (unpaired) electrons. The van der Waals surface area contributed by atoms with Gasteiger partial charge in [0, 0.05) is 0 Å². The number of alkyl halides is 1. The Labute approximate surface area is 131 Å². The van der Waals surface area contributed by atoms with E-state index in [9.17, 15) is 4.79 Å². The van der Waals surface area contributed by atoms with E-state index in [1.807, 2.05) is 31.2 Å². The van der Waals surface area contributed by atoms with Gasteiger partial charge in [-0.05, 0) is 30.7 Å². The molecule has 1 heterocycles. The Bertz CT molecular complexity index is 867. The number of para-hydroxylation sites is 2. The van der Waals surface area contributed by atoms with Crippen molar-refractivity contribution < 1.29 is 0 Å². The average molecular weight is 319 g/mol. The number of aryl methyl sites for hydroxylation is 1. The lowest BCUT2D eigenvalue weighted by Crippen LogP contribution is -2.24. The lowest BCUT2D eigenvalue weighted by Gasteiger charge is -2.15. The SMILES string of the molecule is Cc1cccc(Cl)c1-n1c(CCl)nc2ccccc2c1=O. The van der Waals surface area contributed by atoms with Gasteiger partial charge in [-0.3, -0.25) is 9.36 Å². The molecule has 21 heavy (non-hydrogen) atoms. The van der Waals surface area contributed by atoms with Crippen LogP contribution in [0.2, 0.25) is 5.02 Å². The highest BCUT2D eigenvalue weighted by atomic mass is 35.5. The summed E-state index contributed by atoms with van der Waals surface area (Å²) in [6, 6.07) is 12.7. The number of nitrogens with zero attached hydrogens (tertiary/aromatic N) is 2. The molecule has 3 rings (SSSR count). The molecule has 0 aliphatic carbocycles. The molecule has 0 aliphatic heterocycles. The molecule has 0 bridgehead atoms. The first-order valence-corrected chi connectivity index (χ1v) is 7.37. The van der Waals surface area contributed by atoms with Gasteiger partial charge in [-0.2, -0.15) is 0 Å². The van der Waals surface area contributed by atoms with Gasteiger partial charge in [0.05, 0.1) is 27.5 Å². The van der Waals surface area contributed by atoms with Crippen LogP contribution in [-0.2, 0) is 5.88 Å². The third-order valence-corrected chi connectivity index (χ3v) is 3.92. The van der Waals surface area contributed by atoms with Crippen LogP contribution in [0.4, 0.5) is 0 Å². The van der Waals surface area contributed by atoms with Gasteiger partial charge in [0.25, 0.3) is 5.56 Å². The highest BCUT2D eigenvalue weighted by Crippen LogP contribution is 2.25. The number of benzene rings is 2. The van der Waals surface area contributed by atoms with Crippen LogP contribution in [0.1, 0.15) is 11.4 Å². The molecule has 0 spiro atoms. The van der Waals surface area contributed by atoms with E-state index in [4.69, 9.17) is 23.2 Å². The number of hydrogen-bond acceptors (Lipinski definition) is 2. The zero-order valence-corrected chi connectivity index (χ0v) is 12.8. The van der Waals surface area contributed by atoms with Gasteiger partial charge >= 0.3 is 0 Å². The minimum atomic E-state index is -0.160. The zero-order valence-electron chi connectivity index (χ0n) is 11.3. The molecule has 5 heteroatoms. The summed E-state index contributed by atoms with van der Waals surface area (Å²) in [5, 5.41) is 1.05. The van der Waals surface area contributed by atoms with Crippen molar-refractivity contribution in [2.24, 2.45) is 0 Å². The Balaban J connectivity index is 2.47. The minimum Gasteiger partial charge on any atom is -0.268 e. The van der Waals surface area contributed by atoms with Crippen LogP contribution in [0.25, 0.3) is 16.6 Å². The smallest absolute Gasteiger partial charge is 0.266 e. The van der Waals surface area contributed by atoms with Crippen molar-refractivity contribution >= 4 is 34.1 Å². The van der Waals surface area contributed by atoms with Crippen LogP contribution in [0, 0.1) is 6.92 Å². The molecule has 2 aromatic carbocycles. The summed E-state index contributed by atoms with van der Waals surface area (Å²) in [5.74, 6) is 0.613. The largest absolute Gasteiger partial charge is 0.268 e. The van der Waals surface area contributed by atoms with Crippen LogP contribution >= 0.6 is 23.2 Å². The Hall–Kier alpha value is -1.84. The van der Waals surface area contributed by atoms with E-state index < -0.39 is 0 Å². The predicted octanol–water partition coefficient (Wildman–Crippen LogP) is 4.09.